The van der Waals surface area contributed by atoms with E-state index < -0.39 is 0 Å². The van der Waals surface area contributed by atoms with Gasteiger partial charge in [0.2, 0.25) is 0 Å². The molecule has 2 nitrogen and oxygen atoms in total. The molecule has 0 radical (unpaired) electrons. The van der Waals surface area contributed by atoms with E-state index in [4.69, 9.17) is 0 Å². The molecule has 0 aliphatic carbocycles. The molecule has 0 amide bonds. The Balaban J connectivity index is 2.08. The summed E-state index contributed by atoms with van der Waals surface area (Å²) in [6, 6.07) is 2.21. The zero-order valence-corrected chi connectivity index (χ0v) is 9.73. The third-order valence-electron chi connectivity index (χ3n) is 3.12. The number of nitrogens with one attached hydrogen (secondary N) is 1. The second-order valence-corrected chi connectivity index (χ2v) is 5.02. The molecule has 1 unspecified atom stereocenters. The lowest BCUT2D eigenvalue weighted by molar-refractivity contribution is 0.314. The van der Waals surface area contributed by atoms with Crippen LogP contribution in [0.4, 0.5) is 5.69 Å². The molecule has 1 N–H and O–H groups in total. The summed E-state index contributed by atoms with van der Waals surface area (Å²) in [6.07, 6.45) is 1.19. The Hall–Kier alpha value is -0.540. The molecular weight excluding hydrogens is 192 g/mol. The highest BCUT2D eigenvalue weighted by Gasteiger charge is 2.28. The van der Waals surface area contributed by atoms with Gasteiger partial charge in [0.25, 0.3) is 0 Å². The number of thiophene rings is 1. The van der Waals surface area contributed by atoms with Crippen molar-refractivity contribution in [1.29, 1.82) is 0 Å². The minimum absolute atomic E-state index is 0.292. The maximum Gasteiger partial charge on any atom is 0.0475 e. The summed E-state index contributed by atoms with van der Waals surface area (Å²) in [5.41, 5.74) is 1.68. The van der Waals surface area contributed by atoms with Crippen LogP contribution in [0.2, 0.25) is 0 Å². The van der Waals surface area contributed by atoms with Crippen LogP contribution in [0, 0.1) is 0 Å². The number of rotatable bonds is 2. The highest BCUT2D eigenvalue weighted by Crippen LogP contribution is 2.23. The number of anilines is 1. The van der Waals surface area contributed by atoms with Crippen LogP contribution in [0.1, 0.15) is 20.3 Å². The molecule has 78 valence electrons. The predicted molar refractivity (Wildman–Crippen MR) is 63.2 cm³/mol. The third-order valence-corrected chi connectivity index (χ3v) is 3.80. The number of piperazine rings is 1. The molecule has 1 aromatic rings. The summed E-state index contributed by atoms with van der Waals surface area (Å²) in [5.74, 6) is 0. The first-order valence-electron chi connectivity index (χ1n) is 5.26. The van der Waals surface area contributed by atoms with E-state index in [-0.39, 0.29) is 0 Å². The largest absolute Gasteiger partial charge is 0.368 e. The summed E-state index contributed by atoms with van der Waals surface area (Å²) >= 11 is 1.78. The van der Waals surface area contributed by atoms with E-state index in [9.17, 15) is 0 Å². The van der Waals surface area contributed by atoms with Crippen LogP contribution in [0.25, 0.3) is 0 Å². The SMILES string of the molecule is CCC1(C)CN(c2ccsc2)CCN1. The van der Waals surface area contributed by atoms with Gasteiger partial charge in [-0.1, -0.05) is 6.92 Å². The fourth-order valence-corrected chi connectivity index (χ4v) is 2.61. The van der Waals surface area contributed by atoms with E-state index in [1.54, 1.807) is 11.3 Å². The zero-order chi connectivity index (χ0) is 10.0. The van der Waals surface area contributed by atoms with Gasteiger partial charge in [0, 0.05) is 36.2 Å². The Labute approximate surface area is 89.9 Å². The first-order chi connectivity index (χ1) is 6.73. The molecule has 1 fully saturated rings. The number of nitrogens with zero attached hydrogens (tertiary/aromatic N) is 1. The van der Waals surface area contributed by atoms with Gasteiger partial charge in [-0.25, -0.2) is 0 Å². The Kier molecular flexibility index (Phi) is 2.79. The van der Waals surface area contributed by atoms with Crippen LogP contribution < -0.4 is 10.2 Å². The van der Waals surface area contributed by atoms with Crippen molar-refractivity contribution in [2.75, 3.05) is 24.5 Å². The monoisotopic (exact) mass is 210 g/mol. The van der Waals surface area contributed by atoms with Crippen molar-refractivity contribution in [1.82, 2.24) is 5.32 Å². The summed E-state index contributed by atoms with van der Waals surface area (Å²) < 4.78 is 0. The maximum atomic E-state index is 3.60. The fraction of sp³-hybridized carbons (Fsp3) is 0.636. The van der Waals surface area contributed by atoms with Gasteiger partial charge in [0.05, 0.1) is 0 Å². The van der Waals surface area contributed by atoms with Gasteiger partial charge in [0.1, 0.15) is 0 Å². The van der Waals surface area contributed by atoms with E-state index in [1.165, 1.54) is 12.1 Å². The quantitative estimate of drug-likeness (QED) is 0.806. The first kappa shape index (κ1) is 9.99. The van der Waals surface area contributed by atoms with Crippen molar-refractivity contribution in [3.8, 4) is 0 Å². The molecule has 0 saturated carbocycles. The molecule has 2 rings (SSSR count). The van der Waals surface area contributed by atoms with Crippen molar-refractivity contribution >= 4 is 17.0 Å². The molecule has 1 aromatic heterocycles. The van der Waals surface area contributed by atoms with Gasteiger partial charge in [-0.2, -0.15) is 11.3 Å². The molecule has 14 heavy (non-hydrogen) atoms. The average Bonchev–Trinajstić information content (AvgIpc) is 2.71. The third kappa shape index (κ3) is 1.93. The zero-order valence-electron chi connectivity index (χ0n) is 8.92. The van der Waals surface area contributed by atoms with E-state index in [1.807, 2.05) is 0 Å². The predicted octanol–water partition coefficient (Wildman–Crippen LogP) is 2.33. The van der Waals surface area contributed by atoms with Crippen LogP contribution >= 0.6 is 11.3 Å². The Morgan fingerprint density at radius 2 is 2.50 bits per heavy atom. The smallest absolute Gasteiger partial charge is 0.0475 e. The van der Waals surface area contributed by atoms with Crippen LogP contribution in [0.5, 0.6) is 0 Å². The lowest BCUT2D eigenvalue weighted by atomic mass is 9.96. The molecule has 1 aliphatic heterocycles. The number of hydrogen-bond donors (Lipinski definition) is 1. The van der Waals surface area contributed by atoms with Crippen molar-refractivity contribution in [2.45, 2.75) is 25.8 Å². The van der Waals surface area contributed by atoms with Crippen LogP contribution in [0.15, 0.2) is 16.8 Å². The minimum atomic E-state index is 0.292. The van der Waals surface area contributed by atoms with E-state index in [0.29, 0.717) is 5.54 Å². The van der Waals surface area contributed by atoms with E-state index >= 15 is 0 Å². The molecular formula is C11H18N2S. The van der Waals surface area contributed by atoms with Gasteiger partial charge < -0.3 is 10.2 Å². The molecule has 1 saturated heterocycles. The normalized spacial score (nSPS) is 28.0. The Bertz CT molecular complexity index is 283. The highest BCUT2D eigenvalue weighted by molar-refractivity contribution is 7.08. The van der Waals surface area contributed by atoms with E-state index in [2.05, 4.69) is 40.9 Å². The molecule has 2 heterocycles. The standard InChI is InChI=1S/C11H18N2S/c1-3-11(2)9-13(6-5-12-11)10-4-7-14-8-10/h4,7-8,12H,3,5-6,9H2,1-2H3. The molecule has 0 bridgehead atoms. The van der Waals surface area contributed by atoms with Crippen LogP contribution in [0.3, 0.4) is 0 Å². The summed E-state index contributed by atoms with van der Waals surface area (Å²) in [5, 5.41) is 7.99. The van der Waals surface area contributed by atoms with Gasteiger partial charge in [-0.05, 0) is 24.8 Å². The molecule has 3 heteroatoms. The molecule has 1 aliphatic rings. The Morgan fingerprint density at radius 3 is 3.14 bits per heavy atom. The van der Waals surface area contributed by atoms with Gasteiger partial charge in [0.15, 0.2) is 0 Å². The summed E-state index contributed by atoms with van der Waals surface area (Å²) in [6.45, 7) is 7.92. The van der Waals surface area contributed by atoms with E-state index in [0.717, 1.165) is 19.6 Å². The van der Waals surface area contributed by atoms with Gasteiger partial charge >= 0.3 is 0 Å². The number of hydrogen-bond acceptors (Lipinski definition) is 3. The first-order valence-corrected chi connectivity index (χ1v) is 6.20. The summed E-state index contributed by atoms with van der Waals surface area (Å²) in [7, 11) is 0. The fourth-order valence-electron chi connectivity index (χ4n) is 1.94. The lowest BCUT2D eigenvalue weighted by Gasteiger charge is -2.41. The van der Waals surface area contributed by atoms with Crippen molar-refractivity contribution in [3.05, 3.63) is 16.8 Å². The second-order valence-electron chi connectivity index (χ2n) is 4.24. The highest BCUT2D eigenvalue weighted by atomic mass is 32.1. The molecule has 1 atom stereocenters. The topological polar surface area (TPSA) is 15.3 Å². The van der Waals surface area contributed by atoms with Gasteiger partial charge in [-0.15, -0.1) is 0 Å². The summed E-state index contributed by atoms with van der Waals surface area (Å²) in [4.78, 5) is 2.48. The molecule has 0 spiro atoms. The van der Waals surface area contributed by atoms with Crippen LogP contribution in [-0.4, -0.2) is 25.2 Å². The lowest BCUT2D eigenvalue weighted by Crippen LogP contribution is -2.58. The van der Waals surface area contributed by atoms with Crippen molar-refractivity contribution in [2.24, 2.45) is 0 Å². The molecule has 0 aromatic carbocycles. The minimum Gasteiger partial charge on any atom is -0.368 e. The van der Waals surface area contributed by atoms with Crippen LogP contribution in [-0.2, 0) is 0 Å². The average molecular weight is 210 g/mol. The maximum absolute atomic E-state index is 3.60. The van der Waals surface area contributed by atoms with Gasteiger partial charge in [-0.3, -0.25) is 0 Å². The van der Waals surface area contributed by atoms with Crippen molar-refractivity contribution < 1.29 is 0 Å². The Morgan fingerprint density at radius 1 is 1.64 bits per heavy atom. The second kappa shape index (κ2) is 3.91. The van der Waals surface area contributed by atoms with Crippen molar-refractivity contribution in [3.63, 3.8) is 0 Å².